The number of epoxide rings is 1. The molecule has 1 aliphatic heterocycles. The molecule has 0 bridgehead atoms. The van der Waals surface area contributed by atoms with E-state index >= 15 is 0 Å². The van der Waals surface area contributed by atoms with Crippen molar-refractivity contribution in [3.05, 3.63) is 48.6 Å². The van der Waals surface area contributed by atoms with Crippen LogP contribution >= 0.6 is 0 Å². The molecular weight excluding hydrogens is 288 g/mol. The highest BCUT2D eigenvalue weighted by atomic mass is 16.6. The number of carboxylic acids is 1. The van der Waals surface area contributed by atoms with Gasteiger partial charge in [-0.15, -0.1) is 0 Å². The minimum absolute atomic E-state index is 0.251. The molecule has 2 atom stereocenters. The second kappa shape index (κ2) is 12.9. The van der Waals surface area contributed by atoms with Crippen molar-refractivity contribution in [1.82, 2.24) is 0 Å². The zero-order chi connectivity index (χ0) is 16.8. The van der Waals surface area contributed by atoms with Crippen molar-refractivity contribution < 1.29 is 14.6 Å². The van der Waals surface area contributed by atoms with Crippen LogP contribution in [0.2, 0.25) is 0 Å². The number of carboxylic acid groups (broad SMARTS) is 1. The Morgan fingerprint density at radius 2 is 1.48 bits per heavy atom. The third kappa shape index (κ3) is 11.6. The van der Waals surface area contributed by atoms with Gasteiger partial charge in [0.2, 0.25) is 0 Å². The molecule has 0 aromatic rings. The largest absolute Gasteiger partial charge is 0.481 e. The van der Waals surface area contributed by atoms with Crippen LogP contribution in [0, 0.1) is 0 Å². The van der Waals surface area contributed by atoms with Crippen LogP contribution in [-0.2, 0) is 9.53 Å². The van der Waals surface area contributed by atoms with Gasteiger partial charge in [0.15, 0.2) is 0 Å². The molecule has 2 unspecified atom stereocenters. The molecule has 23 heavy (non-hydrogen) atoms. The van der Waals surface area contributed by atoms with Crippen molar-refractivity contribution in [2.75, 3.05) is 0 Å². The second-order valence-corrected chi connectivity index (χ2v) is 5.74. The first-order valence-corrected chi connectivity index (χ1v) is 8.71. The molecule has 1 N–H and O–H groups in total. The maximum Gasteiger partial charge on any atom is 0.303 e. The van der Waals surface area contributed by atoms with Crippen molar-refractivity contribution >= 4 is 5.97 Å². The number of carbonyl (C=O) groups is 1. The maximum absolute atomic E-state index is 10.4. The molecule has 3 nitrogen and oxygen atoms in total. The van der Waals surface area contributed by atoms with E-state index in [1.54, 1.807) is 0 Å². The number of hydrogen-bond donors (Lipinski definition) is 1. The normalized spacial score (nSPS) is 21.3. The molecule has 1 fully saturated rings. The van der Waals surface area contributed by atoms with Crippen LogP contribution in [-0.4, -0.2) is 23.3 Å². The molecule has 0 amide bonds. The van der Waals surface area contributed by atoms with Gasteiger partial charge >= 0.3 is 5.97 Å². The van der Waals surface area contributed by atoms with Crippen LogP contribution in [0.1, 0.15) is 58.3 Å². The Labute approximate surface area is 140 Å². The molecule has 1 heterocycles. The lowest BCUT2D eigenvalue weighted by atomic mass is 10.1. The average molecular weight is 318 g/mol. The van der Waals surface area contributed by atoms with Crippen molar-refractivity contribution in [2.45, 2.75) is 70.5 Å². The van der Waals surface area contributed by atoms with Crippen LogP contribution in [0.15, 0.2) is 48.6 Å². The number of rotatable bonds is 13. The maximum atomic E-state index is 10.4. The fourth-order valence-electron chi connectivity index (χ4n) is 2.25. The van der Waals surface area contributed by atoms with Crippen LogP contribution in [0.25, 0.3) is 0 Å². The third-order valence-electron chi connectivity index (χ3n) is 3.63. The monoisotopic (exact) mass is 318 g/mol. The van der Waals surface area contributed by atoms with Gasteiger partial charge in [0.1, 0.15) is 0 Å². The van der Waals surface area contributed by atoms with Crippen molar-refractivity contribution in [2.24, 2.45) is 0 Å². The lowest BCUT2D eigenvalue weighted by Crippen LogP contribution is -1.93. The number of allylic oxidation sites excluding steroid dienone is 6. The molecule has 128 valence electrons. The zero-order valence-electron chi connectivity index (χ0n) is 14.2. The van der Waals surface area contributed by atoms with E-state index in [-0.39, 0.29) is 6.42 Å². The molecule has 0 spiro atoms. The Morgan fingerprint density at radius 1 is 0.913 bits per heavy atom. The predicted molar refractivity (Wildman–Crippen MR) is 95.5 cm³/mol. The summed E-state index contributed by atoms with van der Waals surface area (Å²) in [5.74, 6) is -0.719. The number of unbranched alkanes of at least 4 members (excludes halogenated alkanes) is 1. The quantitative estimate of drug-likeness (QED) is 0.288. The molecule has 1 saturated heterocycles. The van der Waals surface area contributed by atoms with Crippen molar-refractivity contribution in [3.63, 3.8) is 0 Å². The van der Waals surface area contributed by atoms with Crippen LogP contribution in [0.4, 0.5) is 0 Å². The Balaban J connectivity index is 1.96. The summed E-state index contributed by atoms with van der Waals surface area (Å²) in [5, 5.41) is 8.53. The van der Waals surface area contributed by atoms with Crippen LogP contribution in [0.5, 0.6) is 0 Å². The first kappa shape index (κ1) is 19.4. The number of aliphatic carboxylic acids is 1. The Morgan fingerprint density at radius 3 is 2.09 bits per heavy atom. The van der Waals surface area contributed by atoms with E-state index in [1.165, 1.54) is 0 Å². The summed E-state index contributed by atoms with van der Waals surface area (Å²) in [7, 11) is 0. The highest BCUT2D eigenvalue weighted by Gasteiger charge is 2.35. The first-order valence-electron chi connectivity index (χ1n) is 8.71. The van der Waals surface area contributed by atoms with Gasteiger partial charge in [0.05, 0.1) is 12.2 Å². The molecule has 1 aliphatic rings. The summed E-state index contributed by atoms with van der Waals surface area (Å²) in [6, 6.07) is 0. The van der Waals surface area contributed by atoms with Gasteiger partial charge in [-0.1, -0.05) is 55.5 Å². The summed E-state index contributed by atoms with van der Waals surface area (Å²) in [4.78, 5) is 10.4. The van der Waals surface area contributed by atoms with E-state index in [9.17, 15) is 4.79 Å². The summed E-state index contributed by atoms with van der Waals surface area (Å²) in [6.07, 6.45) is 24.9. The zero-order valence-corrected chi connectivity index (χ0v) is 14.2. The predicted octanol–water partition coefficient (Wildman–Crippen LogP) is 5.20. The van der Waals surface area contributed by atoms with Crippen LogP contribution < -0.4 is 0 Å². The minimum atomic E-state index is -0.719. The summed E-state index contributed by atoms with van der Waals surface area (Å²) in [5.41, 5.74) is 0. The summed E-state index contributed by atoms with van der Waals surface area (Å²) < 4.78 is 5.61. The highest BCUT2D eigenvalue weighted by molar-refractivity contribution is 5.66. The number of ether oxygens (including phenoxy) is 1. The van der Waals surface area contributed by atoms with E-state index < -0.39 is 5.97 Å². The standard InChI is InChI=1S/C20H30O3/c1-2-3-4-5-6-7-8-9-12-15-18-19(23-18)16-13-10-11-14-17-20(21)22/h3-4,6-7,9-10,12-13,18-19H,2,5,8,11,14-17H2,1H3,(H,21,22)/b4-3+,7-6+,12-9+,13-10+. The Kier molecular flexibility index (Phi) is 10.9. The average Bonchev–Trinajstić information content (AvgIpc) is 3.27. The first-order chi connectivity index (χ1) is 11.2. The smallest absolute Gasteiger partial charge is 0.303 e. The lowest BCUT2D eigenvalue weighted by Gasteiger charge is -1.91. The summed E-state index contributed by atoms with van der Waals surface area (Å²) in [6.45, 7) is 2.14. The summed E-state index contributed by atoms with van der Waals surface area (Å²) >= 11 is 0. The lowest BCUT2D eigenvalue weighted by molar-refractivity contribution is -0.137. The topological polar surface area (TPSA) is 49.8 Å². The van der Waals surface area contributed by atoms with E-state index in [0.717, 1.165) is 38.5 Å². The van der Waals surface area contributed by atoms with Gasteiger partial charge in [-0.3, -0.25) is 4.79 Å². The van der Waals surface area contributed by atoms with Gasteiger partial charge in [-0.2, -0.15) is 0 Å². The third-order valence-corrected chi connectivity index (χ3v) is 3.63. The molecular formula is C20H30O3. The van der Waals surface area contributed by atoms with E-state index in [4.69, 9.17) is 9.84 Å². The molecule has 0 saturated carbocycles. The fourth-order valence-corrected chi connectivity index (χ4v) is 2.25. The Hall–Kier alpha value is -1.61. The fraction of sp³-hybridized carbons (Fsp3) is 0.550. The molecule has 0 aromatic carbocycles. The van der Waals surface area contributed by atoms with Gasteiger partial charge in [0, 0.05) is 6.42 Å². The minimum Gasteiger partial charge on any atom is -0.481 e. The van der Waals surface area contributed by atoms with Crippen molar-refractivity contribution in [3.8, 4) is 0 Å². The SMILES string of the molecule is CC/C=C/C/C=C/C/C=C/CC1OC1C/C=C/CCCC(=O)O. The molecule has 0 aliphatic carbocycles. The molecule has 1 rings (SSSR count). The number of hydrogen-bond acceptors (Lipinski definition) is 2. The van der Waals surface area contributed by atoms with Gasteiger partial charge in [0.25, 0.3) is 0 Å². The van der Waals surface area contributed by atoms with Gasteiger partial charge in [-0.25, -0.2) is 0 Å². The molecule has 0 radical (unpaired) electrons. The van der Waals surface area contributed by atoms with E-state index in [0.29, 0.717) is 18.6 Å². The van der Waals surface area contributed by atoms with Gasteiger partial charge < -0.3 is 9.84 Å². The van der Waals surface area contributed by atoms with Gasteiger partial charge in [-0.05, 0) is 44.9 Å². The van der Waals surface area contributed by atoms with Crippen LogP contribution in [0.3, 0.4) is 0 Å². The van der Waals surface area contributed by atoms with E-state index in [2.05, 4.69) is 55.5 Å². The highest BCUT2D eigenvalue weighted by Crippen LogP contribution is 2.29. The Bertz CT molecular complexity index is 432. The van der Waals surface area contributed by atoms with Crippen molar-refractivity contribution in [1.29, 1.82) is 0 Å². The molecule has 0 aromatic heterocycles. The van der Waals surface area contributed by atoms with E-state index in [1.807, 2.05) is 0 Å². The second-order valence-electron chi connectivity index (χ2n) is 5.74. The molecule has 3 heteroatoms.